The Labute approximate surface area is 123 Å². The van der Waals surface area contributed by atoms with Gasteiger partial charge in [-0.15, -0.1) is 11.6 Å². The van der Waals surface area contributed by atoms with Gasteiger partial charge in [0.15, 0.2) is 0 Å². The molecule has 0 aliphatic carbocycles. The maximum atomic E-state index is 12.8. The molecule has 0 bridgehead atoms. The van der Waals surface area contributed by atoms with Crippen LogP contribution in [-0.4, -0.2) is 9.78 Å². The van der Waals surface area contributed by atoms with Crippen molar-refractivity contribution in [3.63, 3.8) is 0 Å². The fourth-order valence-corrected chi connectivity index (χ4v) is 2.38. The van der Waals surface area contributed by atoms with E-state index in [1.807, 2.05) is 0 Å². The summed E-state index contributed by atoms with van der Waals surface area (Å²) in [6, 6.07) is 6.99. The predicted octanol–water partition coefficient (Wildman–Crippen LogP) is 4.91. The fraction of sp³-hybridized carbons (Fsp3) is 0.250. The first-order chi connectivity index (χ1) is 9.02. The van der Waals surface area contributed by atoms with Crippen molar-refractivity contribution < 1.29 is 8.78 Å². The van der Waals surface area contributed by atoms with Crippen LogP contribution in [0.25, 0.3) is 0 Å². The van der Waals surface area contributed by atoms with Crippen molar-refractivity contribution in [2.75, 3.05) is 0 Å². The molecule has 19 heavy (non-hydrogen) atoms. The highest BCUT2D eigenvalue weighted by Gasteiger charge is 2.22. The average Bonchev–Trinajstić information content (AvgIpc) is 2.69. The van der Waals surface area contributed by atoms with Gasteiger partial charge in [-0.3, -0.25) is 0 Å². The lowest BCUT2D eigenvalue weighted by Gasteiger charge is -2.03. The second-order valence-corrected chi connectivity index (χ2v) is 4.93. The predicted molar refractivity (Wildman–Crippen MR) is 72.3 cm³/mol. The van der Waals surface area contributed by atoms with Gasteiger partial charge in [0.1, 0.15) is 10.8 Å². The van der Waals surface area contributed by atoms with Crippen LogP contribution in [0, 0.1) is 0 Å². The van der Waals surface area contributed by atoms with Crippen LogP contribution in [0.5, 0.6) is 0 Å². The van der Waals surface area contributed by atoms with Crippen LogP contribution in [0.15, 0.2) is 24.3 Å². The third-order valence-electron chi connectivity index (χ3n) is 2.60. The lowest BCUT2D eigenvalue weighted by Crippen LogP contribution is -2.02. The Hall–Kier alpha value is -0.840. The van der Waals surface area contributed by atoms with Gasteiger partial charge in [0.2, 0.25) is 0 Å². The smallest absolute Gasteiger partial charge is 0.249 e. The lowest BCUT2D eigenvalue weighted by atomic mass is 10.2. The van der Waals surface area contributed by atoms with Crippen LogP contribution in [0.4, 0.5) is 8.78 Å². The molecule has 2 nitrogen and oxygen atoms in total. The zero-order valence-electron chi connectivity index (χ0n) is 9.59. The van der Waals surface area contributed by atoms with Crippen LogP contribution in [0.1, 0.15) is 23.2 Å². The third-order valence-corrected chi connectivity index (χ3v) is 3.54. The van der Waals surface area contributed by atoms with Crippen LogP contribution in [-0.2, 0) is 12.4 Å². The number of rotatable bonds is 4. The molecule has 2 aromatic rings. The molecule has 0 aliphatic heterocycles. The molecular formula is C12H9Cl3F2N2. The maximum Gasteiger partial charge on any atom is 0.282 e. The number of hydrogen-bond donors (Lipinski definition) is 0. The maximum absolute atomic E-state index is 12.8. The van der Waals surface area contributed by atoms with Crippen LogP contribution in [0.3, 0.4) is 0 Å². The molecule has 0 radical (unpaired) electrons. The molecule has 0 atom stereocenters. The van der Waals surface area contributed by atoms with Crippen molar-refractivity contribution >= 4 is 34.8 Å². The van der Waals surface area contributed by atoms with Gasteiger partial charge in [-0.2, -0.15) is 5.10 Å². The van der Waals surface area contributed by atoms with E-state index in [1.165, 1.54) is 4.68 Å². The van der Waals surface area contributed by atoms with Crippen molar-refractivity contribution in [2.45, 2.75) is 18.9 Å². The minimum atomic E-state index is -2.70. The molecule has 2 rings (SSSR count). The molecule has 1 aromatic carbocycles. The zero-order chi connectivity index (χ0) is 14.0. The molecule has 0 aliphatic rings. The van der Waals surface area contributed by atoms with Gasteiger partial charge in [0.25, 0.3) is 6.43 Å². The Morgan fingerprint density at radius 2 is 1.79 bits per heavy atom. The summed E-state index contributed by atoms with van der Waals surface area (Å²) in [6.07, 6.45) is -2.70. The Morgan fingerprint density at radius 1 is 1.16 bits per heavy atom. The van der Waals surface area contributed by atoms with E-state index in [0.29, 0.717) is 5.02 Å². The molecular weight excluding hydrogens is 317 g/mol. The fourth-order valence-electron chi connectivity index (χ4n) is 1.66. The summed E-state index contributed by atoms with van der Waals surface area (Å²) in [4.78, 5) is 0. The molecule has 0 fully saturated rings. The first-order valence-corrected chi connectivity index (χ1v) is 6.65. The van der Waals surface area contributed by atoms with E-state index in [1.54, 1.807) is 24.3 Å². The van der Waals surface area contributed by atoms with Crippen LogP contribution in [0.2, 0.25) is 10.2 Å². The van der Waals surface area contributed by atoms with Gasteiger partial charge in [-0.25, -0.2) is 13.5 Å². The lowest BCUT2D eigenvalue weighted by molar-refractivity contribution is 0.144. The van der Waals surface area contributed by atoms with Gasteiger partial charge in [-0.1, -0.05) is 35.3 Å². The van der Waals surface area contributed by atoms with E-state index < -0.39 is 6.43 Å². The number of alkyl halides is 3. The summed E-state index contributed by atoms with van der Waals surface area (Å²) in [5.41, 5.74) is 0.664. The number of halogens is 5. The van der Waals surface area contributed by atoms with Gasteiger partial charge in [0, 0.05) is 10.6 Å². The van der Waals surface area contributed by atoms with E-state index in [0.717, 1.165) is 5.56 Å². The molecule has 0 saturated carbocycles. The average molecular weight is 326 g/mol. The Morgan fingerprint density at radius 3 is 2.26 bits per heavy atom. The number of hydrogen-bond acceptors (Lipinski definition) is 1. The van der Waals surface area contributed by atoms with Gasteiger partial charge in [0.05, 0.1) is 12.4 Å². The number of benzene rings is 1. The third kappa shape index (κ3) is 3.19. The quantitative estimate of drug-likeness (QED) is 0.730. The highest BCUT2D eigenvalue weighted by Crippen LogP contribution is 2.29. The Bertz CT molecular complexity index is 567. The van der Waals surface area contributed by atoms with Crippen molar-refractivity contribution in [1.82, 2.24) is 9.78 Å². The normalized spacial score (nSPS) is 11.3. The van der Waals surface area contributed by atoms with Gasteiger partial charge >= 0.3 is 0 Å². The Kier molecular flexibility index (Phi) is 4.66. The molecule has 0 amide bonds. The topological polar surface area (TPSA) is 17.8 Å². The van der Waals surface area contributed by atoms with Crippen molar-refractivity contribution in [1.29, 1.82) is 0 Å². The first kappa shape index (κ1) is 14.6. The summed E-state index contributed by atoms with van der Waals surface area (Å²) >= 11 is 17.4. The molecule has 0 saturated heterocycles. The highest BCUT2D eigenvalue weighted by molar-refractivity contribution is 6.31. The van der Waals surface area contributed by atoms with Crippen LogP contribution >= 0.6 is 34.8 Å². The van der Waals surface area contributed by atoms with Crippen molar-refractivity contribution in [3.8, 4) is 0 Å². The molecule has 0 spiro atoms. The highest BCUT2D eigenvalue weighted by atomic mass is 35.5. The first-order valence-electron chi connectivity index (χ1n) is 5.36. The largest absolute Gasteiger partial charge is 0.282 e. The SMILES string of the molecule is FC(F)c1nn(Cc2ccc(Cl)cc2)c(Cl)c1CCl. The summed E-state index contributed by atoms with van der Waals surface area (Å²) < 4.78 is 26.9. The second-order valence-electron chi connectivity index (χ2n) is 3.87. The molecule has 1 heterocycles. The Balaban J connectivity index is 2.32. The second kappa shape index (κ2) is 6.07. The van der Waals surface area contributed by atoms with Crippen LogP contribution < -0.4 is 0 Å². The minimum Gasteiger partial charge on any atom is -0.249 e. The number of aromatic nitrogens is 2. The van der Waals surface area contributed by atoms with E-state index in [4.69, 9.17) is 34.8 Å². The number of nitrogens with zero attached hydrogens (tertiary/aromatic N) is 2. The summed E-state index contributed by atoms with van der Waals surface area (Å²) in [7, 11) is 0. The van der Waals surface area contributed by atoms with E-state index in [2.05, 4.69) is 5.10 Å². The van der Waals surface area contributed by atoms with Gasteiger partial charge in [-0.05, 0) is 17.7 Å². The van der Waals surface area contributed by atoms with E-state index in [9.17, 15) is 8.78 Å². The molecule has 7 heteroatoms. The zero-order valence-corrected chi connectivity index (χ0v) is 11.9. The van der Waals surface area contributed by atoms with Crippen molar-refractivity contribution in [3.05, 3.63) is 51.3 Å². The molecule has 102 valence electrons. The van der Waals surface area contributed by atoms with Gasteiger partial charge < -0.3 is 0 Å². The van der Waals surface area contributed by atoms with E-state index in [-0.39, 0.29) is 28.8 Å². The van der Waals surface area contributed by atoms with E-state index >= 15 is 0 Å². The minimum absolute atomic E-state index is 0.0981. The molecule has 1 aromatic heterocycles. The molecule has 0 N–H and O–H groups in total. The summed E-state index contributed by atoms with van der Waals surface area (Å²) in [5, 5.41) is 4.56. The van der Waals surface area contributed by atoms with Crippen molar-refractivity contribution in [2.24, 2.45) is 0 Å². The monoisotopic (exact) mass is 324 g/mol. The standard InChI is InChI=1S/C12H9Cl3F2N2/c13-5-9-10(12(16)17)18-19(11(9)15)6-7-1-3-8(14)4-2-7/h1-4,12H,5-6H2. The summed E-state index contributed by atoms with van der Waals surface area (Å²) in [5.74, 6) is -0.0981. The summed E-state index contributed by atoms with van der Waals surface area (Å²) in [6.45, 7) is 0.284. The molecule has 0 unspecified atom stereocenters.